The number of aliphatic carboxylic acids is 1. The van der Waals surface area contributed by atoms with Crippen molar-refractivity contribution in [2.45, 2.75) is 19.3 Å². The van der Waals surface area contributed by atoms with Crippen LogP contribution in [0.25, 0.3) is 0 Å². The lowest BCUT2D eigenvalue weighted by Gasteiger charge is -2.24. The number of hydrogen-bond acceptors (Lipinski definition) is 3. The van der Waals surface area contributed by atoms with E-state index < -0.39 is 5.97 Å². The highest BCUT2D eigenvalue weighted by atomic mass is 16.4. The van der Waals surface area contributed by atoms with Crippen molar-refractivity contribution >= 4 is 11.9 Å². The van der Waals surface area contributed by atoms with Gasteiger partial charge in [-0.05, 0) is 44.0 Å². The average molecular weight is 304 g/mol. The molecule has 1 aliphatic carbocycles. The fourth-order valence-electron chi connectivity index (χ4n) is 2.95. The molecule has 1 aromatic carbocycles. The van der Waals surface area contributed by atoms with Gasteiger partial charge in [0.15, 0.2) is 0 Å². The van der Waals surface area contributed by atoms with Crippen molar-refractivity contribution in [2.75, 3.05) is 33.7 Å². The second kappa shape index (κ2) is 7.40. The second-order valence-electron chi connectivity index (χ2n) is 6.26. The van der Waals surface area contributed by atoms with Crippen LogP contribution in [0, 0.1) is 5.92 Å². The molecule has 0 bridgehead atoms. The summed E-state index contributed by atoms with van der Waals surface area (Å²) in [5, 5.41) is 8.99. The Morgan fingerprint density at radius 3 is 2.23 bits per heavy atom. The largest absolute Gasteiger partial charge is 0.480 e. The third kappa shape index (κ3) is 4.56. The minimum Gasteiger partial charge on any atom is -0.480 e. The number of amides is 1. The molecule has 5 nitrogen and oxygen atoms in total. The molecule has 2 rings (SSSR count). The van der Waals surface area contributed by atoms with Gasteiger partial charge in [-0.1, -0.05) is 24.3 Å². The van der Waals surface area contributed by atoms with E-state index in [-0.39, 0.29) is 12.5 Å². The molecule has 1 amide bonds. The van der Waals surface area contributed by atoms with Gasteiger partial charge in [0.2, 0.25) is 5.91 Å². The quantitative estimate of drug-likeness (QED) is 0.824. The monoisotopic (exact) mass is 304 g/mol. The standard InChI is InChI=1S/C17H24N2O3/c1-18(2)7-8-19(12-17(21)22)16(20)11-13-9-14-5-3-4-6-15(14)10-13/h3-6,13H,7-12H2,1-2H3,(H,21,22). The van der Waals surface area contributed by atoms with Crippen molar-refractivity contribution in [3.8, 4) is 0 Å². The van der Waals surface area contributed by atoms with Gasteiger partial charge in [-0.3, -0.25) is 9.59 Å². The number of likely N-dealkylation sites (N-methyl/N-ethyl adjacent to an activating group) is 1. The fourth-order valence-corrected chi connectivity index (χ4v) is 2.95. The van der Waals surface area contributed by atoms with E-state index >= 15 is 0 Å². The molecule has 0 atom stereocenters. The lowest BCUT2D eigenvalue weighted by atomic mass is 10.0. The fraction of sp³-hybridized carbons (Fsp3) is 0.529. The highest BCUT2D eigenvalue weighted by molar-refractivity contribution is 5.81. The van der Waals surface area contributed by atoms with Crippen molar-refractivity contribution in [1.29, 1.82) is 0 Å². The van der Waals surface area contributed by atoms with Crippen molar-refractivity contribution in [3.63, 3.8) is 0 Å². The van der Waals surface area contributed by atoms with E-state index in [1.807, 2.05) is 31.1 Å². The normalized spacial score (nSPS) is 14.1. The van der Waals surface area contributed by atoms with E-state index in [2.05, 4.69) is 12.1 Å². The van der Waals surface area contributed by atoms with Crippen LogP contribution in [0.5, 0.6) is 0 Å². The number of carbonyl (C=O) groups is 2. The molecule has 0 spiro atoms. The summed E-state index contributed by atoms with van der Waals surface area (Å²) in [5.41, 5.74) is 2.64. The van der Waals surface area contributed by atoms with Gasteiger partial charge in [0.1, 0.15) is 6.54 Å². The molecule has 0 heterocycles. The van der Waals surface area contributed by atoms with Gasteiger partial charge in [-0.2, -0.15) is 0 Å². The van der Waals surface area contributed by atoms with Crippen LogP contribution in [0.15, 0.2) is 24.3 Å². The van der Waals surface area contributed by atoms with Crippen LogP contribution in [0.3, 0.4) is 0 Å². The third-order valence-corrected chi connectivity index (χ3v) is 4.09. The minimum absolute atomic E-state index is 0.0537. The molecule has 0 aromatic heterocycles. The average Bonchev–Trinajstić information content (AvgIpc) is 2.84. The summed E-state index contributed by atoms with van der Waals surface area (Å²) in [5.74, 6) is -0.718. The Morgan fingerprint density at radius 2 is 1.73 bits per heavy atom. The highest BCUT2D eigenvalue weighted by Crippen LogP contribution is 2.28. The van der Waals surface area contributed by atoms with Crippen LogP contribution >= 0.6 is 0 Å². The third-order valence-electron chi connectivity index (χ3n) is 4.09. The second-order valence-corrected chi connectivity index (χ2v) is 6.26. The van der Waals surface area contributed by atoms with Gasteiger partial charge in [0.25, 0.3) is 0 Å². The first-order chi connectivity index (χ1) is 10.5. The predicted octanol–water partition coefficient (Wildman–Crippen LogP) is 1.27. The maximum atomic E-state index is 12.4. The van der Waals surface area contributed by atoms with E-state index in [0.717, 1.165) is 12.8 Å². The molecule has 0 saturated carbocycles. The van der Waals surface area contributed by atoms with Gasteiger partial charge in [-0.25, -0.2) is 0 Å². The molecular weight excluding hydrogens is 280 g/mol. The predicted molar refractivity (Wildman–Crippen MR) is 84.7 cm³/mol. The topological polar surface area (TPSA) is 60.9 Å². The number of nitrogens with zero attached hydrogens (tertiary/aromatic N) is 2. The summed E-state index contributed by atoms with van der Waals surface area (Å²) in [4.78, 5) is 26.8. The summed E-state index contributed by atoms with van der Waals surface area (Å²) < 4.78 is 0. The van der Waals surface area contributed by atoms with Crippen LogP contribution in [0.2, 0.25) is 0 Å². The van der Waals surface area contributed by atoms with Gasteiger partial charge >= 0.3 is 5.97 Å². The van der Waals surface area contributed by atoms with Gasteiger partial charge < -0.3 is 14.9 Å². The summed E-state index contributed by atoms with van der Waals surface area (Å²) in [6.07, 6.45) is 2.25. The smallest absolute Gasteiger partial charge is 0.323 e. The van der Waals surface area contributed by atoms with E-state index in [1.165, 1.54) is 16.0 Å². The van der Waals surface area contributed by atoms with Crippen LogP contribution in [0.4, 0.5) is 0 Å². The molecule has 0 fully saturated rings. The van der Waals surface area contributed by atoms with Crippen molar-refractivity contribution in [3.05, 3.63) is 35.4 Å². The van der Waals surface area contributed by atoms with Gasteiger partial charge in [-0.15, -0.1) is 0 Å². The minimum atomic E-state index is -0.957. The first-order valence-corrected chi connectivity index (χ1v) is 7.66. The summed E-state index contributed by atoms with van der Waals surface area (Å²) >= 11 is 0. The molecule has 1 N–H and O–H groups in total. The zero-order valence-electron chi connectivity index (χ0n) is 13.3. The summed E-state index contributed by atoms with van der Waals surface area (Å²) in [7, 11) is 3.83. The number of hydrogen-bond donors (Lipinski definition) is 1. The zero-order chi connectivity index (χ0) is 16.1. The Balaban J connectivity index is 1.92. The van der Waals surface area contributed by atoms with E-state index in [4.69, 9.17) is 5.11 Å². The van der Waals surface area contributed by atoms with E-state index in [1.54, 1.807) is 0 Å². The van der Waals surface area contributed by atoms with Crippen molar-refractivity contribution in [1.82, 2.24) is 9.80 Å². The number of benzene rings is 1. The van der Waals surface area contributed by atoms with Crippen molar-refractivity contribution in [2.24, 2.45) is 5.92 Å². The van der Waals surface area contributed by atoms with Crippen molar-refractivity contribution < 1.29 is 14.7 Å². The van der Waals surface area contributed by atoms with Crippen LogP contribution in [0.1, 0.15) is 17.5 Å². The van der Waals surface area contributed by atoms with E-state index in [0.29, 0.717) is 25.4 Å². The Morgan fingerprint density at radius 1 is 1.14 bits per heavy atom. The molecule has 1 aliphatic rings. The maximum Gasteiger partial charge on any atom is 0.323 e. The Hall–Kier alpha value is -1.88. The summed E-state index contributed by atoms with van der Waals surface area (Å²) in [6, 6.07) is 8.27. The van der Waals surface area contributed by atoms with Crippen LogP contribution in [-0.2, 0) is 22.4 Å². The number of fused-ring (bicyclic) bond motifs is 1. The first-order valence-electron chi connectivity index (χ1n) is 7.66. The summed E-state index contributed by atoms with van der Waals surface area (Å²) in [6.45, 7) is 0.911. The van der Waals surface area contributed by atoms with Gasteiger partial charge in [0, 0.05) is 19.5 Å². The molecule has 5 heteroatoms. The molecule has 1 aromatic rings. The Bertz CT molecular complexity index is 517. The SMILES string of the molecule is CN(C)CCN(CC(=O)O)C(=O)CC1Cc2ccccc2C1. The molecule has 0 unspecified atom stereocenters. The number of rotatable bonds is 7. The highest BCUT2D eigenvalue weighted by Gasteiger charge is 2.26. The zero-order valence-corrected chi connectivity index (χ0v) is 13.3. The molecular formula is C17H24N2O3. The molecule has 0 saturated heterocycles. The molecule has 0 radical (unpaired) electrons. The number of carbonyl (C=O) groups excluding carboxylic acids is 1. The van der Waals surface area contributed by atoms with Gasteiger partial charge in [0.05, 0.1) is 0 Å². The van der Waals surface area contributed by atoms with E-state index in [9.17, 15) is 9.59 Å². The number of carboxylic acid groups (broad SMARTS) is 1. The lowest BCUT2D eigenvalue weighted by molar-refractivity contribution is -0.145. The van der Waals surface area contributed by atoms with Crippen LogP contribution < -0.4 is 0 Å². The maximum absolute atomic E-state index is 12.4. The Kier molecular flexibility index (Phi) is 5.55. The first kappa shape index (κ1) is 16.5. The lowest BCUT2D eigenvalue weighted by Crippen LogP contribution is -2.40. The van der Waals surface area contributed by atoms with Crippen LogP contribution in [-0.4, -0.2) is 60.5 Å². The molecule has 22 heavy (non-hydrogen) atoms. The molecule has 0 aliphatic heterocycles. The molecule has 120 valence electrons. The Labute approximate surface area is 131 Å². The number of carboxylic acids is 1.